The Hall–Kier alpha value is -3.82. The third-order valence-electron chi connectivity index (χ3n) is 2.94. The first-order valence-electron chi connectivity index (χ1n) is 6.47. The monoisotopic (exact) mass is 330 g/mol. The normalized spacial score (nSPS) is 9.83. The number of carbonyl (C=O) groups is 1. The first-order chi connectivity index (χ1) is 11.4. The van der Waals surface area contributed by atoms with Gasteiger partial charge in [-0.2, -0.15) is 0 Å². The Morgan fingerprint density at radius 1 is 1.00 bits per heavy atom. The van der Waals surface area contributed by atoms with Gasteiger partial charge in [0.1, 0.15) is 0 Å². The molecule has 0 radical (unpaired) electrons. The van der Waals surface area contributed by atoms with Crippen LogP contribution in [0.3, 0.4) is 0 Å². The predicted molar refractivity (Wildman–Crippen MR) is 78.9 cm³/mol. The average Bonchev–Trinajstić information content (AvgIpc) is 3.03. The number of aromatic amines is 2. The van der Waals surface area contributed by atoms with E-state index in [0.29, 0.717) is 18.2 Å². The number of aromatic nitrogens is 2. The number of nitrogens with zero attached hydrogens (tertiary/aromatic N) is 2. The number of aromatic carboxylic acids is 1. The number of nitro benzene ring substituents is 2. The largest absolute Gasteiger partial charge is 0.545 e. The summed E-state index contributed by atoms with van der Waals surface area (Å²) in [6, 6.07) is 10.1. The van der Waals surface area contributed by atoms with Crippen LogP contribution in [0.15, 0.2) is 48.8 Å². The van der Waals surface area contributed by atoms with Gasteiger partial charge in [-0.1, -0.05) is 12.1 Å². The molecule has 0 atom stereocenters. The molecule has 0 fully saturated rings. The summed E-state index contributed by atoms with van der Waals surface area (Å²) in [5.74, 6) is -1.71. The Labute approximate surface area is 133 Å². The van der Waals surface area contributed by atoms with Gasteiger partial charge >= 0.3 is 0 Å². The van der Waals surface area contributed by atoms with E-state index >= 15 is 0 Å². The van der Waals surface area contributed by atoms with Crippen molar-refractivity contribution in [1.82, 2.24) is 4.98 Å². The minimum Gasteiger partial charge on any atom is -0.545 e. The van der Waals surface area contributed by atoms with Crippen LogP contribution in [0.25, 0.3) is 11.0 Å². The molecule has 24 heavy (non-hydrogen) atoms. The van der Waals surface area contributed by atoms with Gasteiger partial charge in [-0.3, -0.25) is 20.2 Å². The predicted octanol–water partition coefficient (Wildman–Crippen LogP) is 0.848. The van der Waals surface area contributed by atoms with Gasteiger partial charge in [0.15, 0.2) is 11.0 Å². The quantitative estimate of drug-likeness (QED) is 0.554. The number of nitrogens with one attached hydrogen (secondary N) is 2. The van der Waals surface area contributed by atoms with Gasteiger partial charge < -0.3 is 9.90 Å². The second kappa shape index (κ2) is 6.96. The summed E-state index contributed by atoms with van der Waals surface area (Å²) < 4.78 is 0. The number of non-ortho nitro benzene ring substituents is 2. The third kappa shape index (κ3) is 3.88. The van der Waals surface area contributed by atoms with Crippen molar-refractivity contribution in [3.05, 3.63) is 74.6 Å². The number of benzene rings is 2. The summed E-state index contributed by atoms with van der Waals surface area (Å²) >= 11 is 0. The number of rotatable bonds is 3. The number of H-pyrrole nitrogens is 2. The molecule has 0 aliphatic carbocycles. The molecule has 3 rings (SSSR count). The van der Waals surface area contributed by atoms with Crippen LogP contribution in [0.5, 0.6) is 0 Å². The lowest BCUT2D eigenvalue weighted by Crippen LogP contribution is -2.22. The Morgan fingerprint density at radius 3 is 2.08 bits per heavy atom. The van der Waals surface area contributed by atoms with E-state index in [1.807, 2.05) is 30.6 Å². The fourth-order valence-corrected chi connectivity index (χ4v) is 1.85. The lowest BCUT2D eigenvalue weighted by molar-refractivity contribution is -0.394. The fraction of sp³-hybridized carbons (Fsp3) is 0. The summed E-state index contributed by atoms with van der Waals surface area (Å²) in [6.07, 6.45) is 1.82. The van der Waals surface area contributed by atoms with Gasteiger partial charge in [0, 0.05) is 17.7 Å². The van der Waals surface area contributed by atoms with Gasteiger partial charge in [0.25, 0.3) is 11.4 Å². The van der Waals surface area contributed by atoms with Crippen LogP contribution in [0, 0.1) is 20.2 Å². The van der Waals surface area contributed by atoms with Crippen molar-refractivity contribution in [2.45, 2.75) is 0 Å². The first kappa shape index (κ1) is 16.5. The molecule has 3 aromatic rings. The molecule has 0 saturated carbocycles. The van der Waals surface area contributed by atoms with Crippen LogP contribution in [0.4, 0.5) is 11.4 Å². The van der Waals surface area contributed by atoms with Gasteiger partial charge in [0.05, 0.1) is 21.9 Å². The zero-order valence-corrected chi connectivity index (χ0v) is 12.0. The molecular formula is C14H10N4O6. The maximum atomic E-state index is 10.4. The summed E-state index contributed by atoms with van der Waals surface area (Å²) in [4.78, 5) is 35.3. The third-order valence-corrected chi connectivity index (χ3v) is 2.94. The maximum Gasteiger partial charge on any atom is 0.276 e. The van der Waals surface area contributed by atoms with Crippen LogP contribution < -0.4 is 10.1 Å². The molecule has 0 aliphatic heterocycles. The molecule has 0 bridgehead atoms. The Kier molecular flexibility index (Phi) is 4.80. The molecule has 10 nitrogen and oxygen atoms in total. The fourth-order valence-electron chi connectivity index (χ4n) is 1.85. The number of carboxylic acids is 1. The van der Waals surface area contributed by atoms with Crippen LogP contribution in [0.1, 0.15) is 10.4 Å². The molecule has 122 valence electrons. The summed E-state index contributed by atoms with van der Waals surface area (Å²) in [5.41, 5.74) is 0.373. The number of imidazole rings is 1. The minimum atomic E-state index is -1.71. The van der Waals surface area contributed by atoms with Gasteiger partial charge in [-0.05, 0) is 12.1 Å². The number of fused-ring (bicyclic) bond motifs is 1. The highest BCUT2D eigenvalue weighted by atomic mass is 16.6. The first-order valence-corrected chi connectivity index (χ1v) is 6.47. The molecular weight excluding hydrogens is 320 g/mol. The summed E-state index contributed by atoms with van der Waals surface area (Å²) in [6.45, 7) is 0. The van der Waals surface area contributed by atoms with Crippen molar-refractivity contribution in [1.29, 1.82) is 0 Å². The molecule has 0 unspecified atom stereocenters. The van der Waals surface area contributed by atoms with Crippen LogP contribution >= 0.6 is 0 Å². The number of hydrogen-bond donors (Lipinski definition) is 1. The Bertz CT molecular complexity index is 811. The van der Waals surface area contributed by atoms with E-state index in [9.17, 15) is 30.1 Å². The van der Waals surface area contributed by atoms with E-state index in [1.165, 1.54) is 0 Å². The van der Waals surface area contributed by atoms with Crippen molar-refractivity contribution in [3.8, 4) is 0 Å². The van der Waals surface area contributed by atoms with E-state index in [4.69, 9.17) is 0 Å². The van der Waals surface area contributed by atoms with Gasteiger partial charge in [-0.25, -0.2) is 9.97 Å². The molecule has 0 amide bonds. The molecule has 0 saturated heterocycles. The smallest absolute Gasteiger partial charge is 0.276 e. The highest BCUT2D eigenvalue weighted by Gasteiger charge is 2.16. The topological polar surface area (TPSA) is 156 Å². The Balaban J connectivity index is 0.000000194. The summed E-state index contributed by atoms with van der Waals surface area (Å²) in [7, 11) is 0. The van der Waals surface area contributed by atoms with Gasteiger partial charge in [-0.15, -0.1) is 0 Å². The van der Waals surface area contributed by atoms with Crippen molar-refractivity contribution in [3.63, 3.8) is 0 Å². The Morgan fingerprint density at radius 2 is 1.58 bits per heavy atom. The van der Waals surface area contributed by atoms with Crippen molar-refractivity contribution >= 4 is 28.4 Å². The molecule has 0 spiro atoms. The molecule has 10 heteroatoms. The number of carboxylic acid groups (broad SMARTS) is 1. The van der Waals surface area contributed by atoms with E-state index < -0.39 is 32.8 Å². The van der Waals surface area contributed by atoms with Crippen molar-refractivity contribution in [2.75, 3.05) is 0 Å². The minimum absolute atomic E-state index is 0.601. The number of nitro groups is 2. The molecule has 2 N–H and O–H groups in total. The molecule has 0 aliphatic rings. The second-order valence-electron chi connectivity index (χ2n) is 4.52. The molecule has 1 heterocycles. The van der Waals surface area contributed by atoms with E-state index in [-0.39, 0.29) is 0 Å². The summed E-state index contributed by atoms with van der Waals surface area (Å²) in [5, 5.41) is 31.0. The lowest BCUT2D eigenvalue weighted by Gasteiger charge is -2.01. The molecule has 2 aromatic carbocycles. The number of para-hydroxylation sites is 2. The van der Waals surface area contributed by atoms with E-state index in [0.717, 1.165) is 11.0 Å². The highest BCUT2D eigenvalue weighted by Crippen LogP contribution is 2.22. The zero-order valence-electron chi connectivity index (χ0n) is 12.0. The van der Waals surface area contributed by atoms with E-state index in [2.05, 4.69) is 9.97 Å². The van der Waals surface area contributed by atoms with Crippen molar-refractivity contribution < 1.29 is 24.7 Å². The zero-order chi connectivity index (χ0) is 17.7. The van der Waals surface area contributed by atoms with Crippen LogP contribution in [-0.4, -0.2) is 20.8 Å². The maximum absolute atomic E-state index is 10.4. The standard InChI is InChI=1S/C7H4N2O6.C7H6N2/c10-7(11)4-1-5(8(12)13)3-6(2-4)9(14)15;1-2-4-7-6(3-1)8-5-9-7/h1-3H,(H,10,11);1-5H,(H,8,9). The number of hydrogen-bond acceptors (Lipinski definition) is 6. The average molecular weight is 330 g/mol. The number of carbonyl (C=O) groups excluding carboxylic acids is 1. The van der Waals surface area contributed by atoms with Crippen LogP contribution in [-0.2, 0) is 0 Å². The van der Waals surface area contributed by atoms with E-state index in [1.54, 1.807) is 0 Å². The van der Waals surface area contributed by atoms with Crippen LogP contribution in [0.2, 0.25) is 0 Å². The highest BCUT2D eigenvalue weighted by molar-refractivity contribution is 5.87. The lowest BCUT2D eigenvalue weighted by atomic mass is 10.2. The molecule has 1 aromatic heterocycles. The SMILES string of the molecule is O=C([O-])c1cc([N+](=O)[O-])cc([N+](=O)[O-])c1.c1ccc2[nH+]c[nH]c2c1. The van der Waals surface area contributed by atoms with Crippen molar-refractivity contribution in [2.24, 2.45) is 0 Å². The second-order valence-corrected chi connectivity index (χ2v) is 4.52. The van der Waals surface area contributed by atoms with Gasteiger partial charge in [0.2, 0.25) is 6.33 Å².